The fraction of sp³-hybridized carbons (Fsp3) is 0.800. The summed E-state index contributed by atoms with van der Waals surface area (Å²) in [5.41, 5.74) is 0.163. The van der Waals surface area contributed by atoms with Gasteiger partial charge in [0.25, 0.3) is 0 Å². The Morgan fingerprint density at radius 1 is 1.50 bits per heavy atom. The van der Waals surface area contributed by atoms with Gasteiger partial charge in [0.2, 0.25) is 0 Å². The number of carbonyl (C=O) groups excluding carboxylic acids is 1. The summed E-state index contributed by atoms with van der Waals surface area (Å²) in [5, 5.41) is 0. The molecule has 2 aliphatic rings. The summed E-state index contributed by atoms with van der Waals surface area (Å²) in [6.07, 6.45) is 7.52. The molecule has 4 atom stereocenters. The van der Waals surface area contributed by atoms with Crippen LogP contribution in [-0.4, -0.2) is 5.78 Å². The lowest BCUT2D eigenvalue weighted by atomic mass is 9.53. The van der Waals surface area contributed by atoms with Crippen molar-refractivity contribution in [1.29, 1.82) is 0 Å². The molecule has 0 aliphatic heterocycles. The van der Waals surface area contributed by atoms with Crippen LogP contribution in [0.1, 0.15) is 52.9 Å². The standard InChI is InChI=1S/C15H24O/c1-5-14(4)12-8-7-11(3)15(12,6-2)10-9-13(14)16/h5,11-12H,1,6-10H2,2-4H3. The number of allylic oxidation sites excluding steroid dienone is 1. The number of hydrogen-bond donors (Lipinski definition) is 0. The minimum absolute atomic E-state index is 0.251. The monoisotopic (exact) mass is 220 g/mol. The molecule has 0 aromatic carbocycles. The molecule has 0 aromatic heterocycles. The van der Waals surface area contributed by atoms with E-state index in [-0.39, 0.29) is 5.41 Å². The van der Waals surface area contributed by atoms with E-state index in [1.54, 1.807) is 0 Å². The second-order valence-electron chi connectivity index (χ2n) is 6.03. The van der Waals surface area contributed by atoms with Gasteiger partial charge in [-0.1, -0.05) is 19.9 Å². The van der Waals surface area contributed by atoms with Crippen LogP contribution in [0.4, 0.5) is 0 Å². The highest BCUT2D eigenvalue weighted by Crippen LogP contribution is 2.62. The predicted molar refractivity (Wildman–Crippen MR) is 67.2 cm³/mol. The lowest BCUT2D eigenvalue weighted by molar-refractivity contribution is -0.137. The number of rotatable bonds is 2. The molecule has 2 rings (SSSR count). The molecule has 2 aliphatic carbocycles. The third-order valence-corrected chi connectivity index (χ3v) is 5.79. The lowest BCUT2D eigenvalue weighted by Crippen LogP contribution is -2.48. The van der Waals surface area contributed by atoms with Crippen molar-refractivity contribution in [2.45, 2.75) is 52.9 Å². The fourth-order valence-corrected chi connectivity index (χ4v) is 4.49. The molecule has 0 heterocycles. The fourth-order valence-electron chi connectivity index (χ4n) is 4.49. The Balaban J connectivity index is 2.44. The summed E-state index contributed by atoms with van der Waals surface area (Å²) in [4.78, 5) is 12.2. The van der Waals surface area contributed by atoms with Gasteiger partial charge in [-0.05, 0) is 49.9 Å². The molecule has 90 valence electrons. The minimum Gasteiger partial charge on any atom is -0.299 e. The number of ketones is 1. The van der Waals surface area contributed by atoms with E-state index >= 15 is 0 Å². The molecule has 2 saturated carbocycles. The van der Waals surface area contributed by atoms with Crippen molar-refractivity contribution in [3.8, 4) is 0 Å². The maximum Gasteiger partial charge on any atom is 0.142 e. The molecule has 0 saturated heterocycles. The zero-order valence-corrected chi connectivity index (χ0v) is 10.9. The maximum atomic E-state index is 12.2. The van der Waals surface area contributed by atoms with Gasteiger partial charge in [0.15, 0.2) is 0 Å². The van der Waals surface area contributed by atoms with Crippen LogP contribution in [0, 0.1) is 22.7 Å². The molecule has 0 spiro atoms. The molecule has 16 heavy (non-hydrogen) atoms. The molecule has 0 radical (unpaired) electrons. The van der Waals surface area contributed by atoms with Gasteiger partial charge in [0.1, 0.15) is 5.78 Å². The molecule has 1 heteroatoms. The third-order valence-electron chi connectivity index (χ3n) is 5.79. The zero-order chi connectivity index (χ0) is 12.0. The van der Waals surface area contributed by atoms with Gasteiger partial charge in [0, 0.05) is 11.8 Å². The van der Waals surface area contributed by atoms with Gasteiger partial charge < -0.3 is 0 Å². The van der Waals surface area contributed by atoms with E-state index in [1.165, 1.54) is 19.3 Å². The lowest BCUT2D eigenvalue weighted by Gasteiger charge is -2.50. The van der Waals surface area contributed by atoms with Crippen molar-refractivity contribution in [2.75, 3.05) is 0 Å². The summed E-state index contributed by atoms with van der Waals surface area (Å²) in [5.74, 6) is 1.74. The highest BCUT2D eigenvalue weighted by atomic mass is 16.1. The van der Waals surface area contributed by atoms with E-state index in [9.17, 15) is 4.79 Å². The molecule has 0 bridgehead atoms. The van der Waals surface area contributed by atoms with Gasteiger partial charge in [-0.2, -0.15) is 0 Å². The van der Waals surface area contributed by atoms with Crippen molar-refractivity contribution in [2.24, 2.45) is 22.7 Å². The van der Waals surface area contributed by atoms with E-state index in [1.807, 2.05) is 6.08 Å². The highest BCUT2D eigenvalue weighted by Gasteiger charge is 2.57. The third kappa shape index (κ3) is 1.26. The number of fused-ring (bicyclic) bond motifs is 1. The Morgan fingerprint density at radius 2 is 2.19 bits per heavy atom. The minimum atomic E-state index is -0.251. The van der Waals surface area contributed by atoms with Crippen LogP contribution in [0.3, 0.4) is 0 Å². The Labute approximate surface area is 99.3 Å². The summed E-state index contributed by atoms with van der Waals surface area (Å²) >= 11 is 0. The molecule has 1 nitrogen and oxygen atoms in total. The Hall–Kier alpha value is -0.590. The molecular formula is C15H24O. The summed E-state index contributed by atoms with van der Waals surface area (Å²) in [6.45, 7) is 10.7. The van der Waals surface area contributed by atoms with Gasteiger partial charge in [-0.25, -0.2) is 0 Å². The molecule has 2 fully saturated rings. The van der Waals surface area contributed by atoms with Gasteiger partial charge in [0.05, 0.1) is 0 Å². The van der Waals surface area contributed by atoms with Crippen LogP contribution in [0.5, 0.6) is 0 Å². The Kier molecular flexibility index (Phi) is 2.76. The van der Waals surface area contributed by atoms with Crippen LogP contribution in [0.2, 0.25) is 0 Å². The molecule has 0 amide bonds. The van der Waals surface area contributed by atoms with Gasteiger partial charge in [-0.3, -0.25) is 4.79 Å². The first-order valence-electron chi connectivity index (χ1n) is 6.68. The molecule has 0 aromatic rings. The van der Waals surface area contributed by atoms with E-state index in [0.29, 0.717) is 17.1 Å². The number of carbonyl (C=O) groups is 1. The molecule has 0 N–H and O–H groups in total. The Bertz CT molecular complexity index is 319. The first kappa shape index (κ1) is 11.9. The largest absolute Gasteiger partial charge is 0.299 e. The summed E-state index contributed by atoms with van der Waals surface area (Å²) < 4.78 is 0. The average Bonchev–Trinajstić information content (AvgIpc) is 2.63. The highest BCUT2D eigenvalue weighted by molar-refractivity contribution is 5.87. The van der Waals surface area contributed by atoms with Gasteiger partial charge >= 0.3 is 0 Å². The SMILES string of the molecule is C=CC1(C)C(=O)CCC2(CC)C(C)CCC12. The van der Waals surface area contributed by atoms with E-state index in [4.69, 9.17) is 0 Å². The van der Waals surface area contributed by atoms with Crippen LogP contribution >= 0.6 is 0 Å². The predicted octanol–water partition coefficient (Wildman–Crippen LogP) is 3.98. The quantitative estimate of drug-likeness (QED) is 0.643. The molecular weight excluding hydrogens is 196 g/mol. The van der Waals surface area contributed by atoms with Crippen LogP contribution < -0.4 is 0 Å². The maximum absolute atomic E-state index is 12.2. The normalized spacial score (nSPS) is 47.8. The smallest absolute Gasteiger partial charge is 0.142 e. The topological polar surface area (TPSA) is 17.1 Å². The Morgan fingerprint density at radius 3 is 2.75 bits per heavy atom. The van der Waals surface area contributed by atoms with Crippen LogP contribution in [-0.2, 0) is 4.79 Å². The number of Topliss-reactive ketones (excluding diaryl/α,β-unsaturated/α-hetero) is 1. The summed E-state index contributed by atoms with van der Waals surface area (Å²) in [7, 11) is 0. The number of hydrogen-bond acceptors (Lipinski definition) is 1. The average molecular weight is 220 g/mol. The summed E-state index contributed by atoms with van der Waals surface area (Å²) in [6, 6.07) is 0. The van der Waals surface area contributed by atoms with Crippen molar-refractivity contribution in [3.05, 3.63) is 12.7 Å². The zero-order valence-electron chi connectivity index (χ0n) is 10.9. The first-order valence-corrected chi connectivity index (χ1v) is 6.68. The van der Waals surface area contributed by atoms with E-state index < -0.39 is 0 Å². The van der Waals surface area contributed by atoms with E-state index in [0.717, 1.165) is 18.8 Å². The van der Waals surface area contributed by atoms with Crippen LogP contribution in [0.15, 0.2) is 12.7 Å². The van der Waals surface area contributed by atoms with E-state index in [2.05, 4.69) is 27.4 Å². The van der Waals surface area contributed by atoms with Crippen LogP contribution in [0.25, 0.3) is 0 Å². The second kappa shape index (κ2) is 3.72. The van der Waals surface area contributed by atoms with Crippen molar-refractivity contribution in [1.82, 2.24) is 0 Å². The van der Waals surface area contributed by atoms with Crippen molar-refractivity contribution in [3.63, 3.8) is 0 Å². The van der Waals surface area contributed by atoms with Crippen molar-refractivity contribution >= 4 is 5.78 Å². The van der Waals surface area contributed by atoms with Gasteiger partial charge in [-0.15, -0.1) is 6.58 Å². The molecule has 4 unspecified atom stereocenters. The second-order valence-corrected chi connectivity index (χ2v) is 6.03. The van der Waals surface area contributed by atoms with Crippen molar-refractivity contribution < 1.29 is 4.79 Å². The first-order chi connectivity index (χ1) is 7.51.